The topological polar surface area (TPSA) is 117 Å². The number of hydrogen-bond donors (Lipinski definition) is 3. The summed E-state index contributed by atoms with van der Waals surface area (Å²) in [6.07, 6.45) is 4.39. The third-order valence-corrected chi connectivity index (χ3v) is 5.81. The summed E-state index contributed by atoms with van der Waals surface area (Å²) in [4.78, 5) is 36.1. The summed E-state index contributed by atoms with van der Waals surface area (Å²) in [5.41, 5.74) is 1.37. The molecule has 9 heteroatoms. The second-order valence-corrected chi connectivity index (χ2v) is 8.09. The fraction of sp³-hybridized carbons (Fsp3) is 0.280. The molecule has 0 bridgehead atoms. The smallest absolute Gasteiger partial charge is 0.273 e. The van der Waals surface area contributed by atoms with Gasteiger partial charge >= 0.3 is 0 Å². The lowest BCUT2D eigenvalue weighted by molar-refractivity contribution is 0.0904. The molecule has 3 N–H and O–H groups in total. The summed E-state index contributed by atoms with van der Waals surface area (Å²) in [7, 11) is 1.55. The van der Waals surface area contributed by atoms with E-state index >= 15 is 0 Å². The first-order valence-electron chi connectivity index (χ1n) is 11.1. The van der Waals surface area contributed by atoms with Gasteiger partial charge in [0.2, 0.25) is 0 Å². The van der Waals surface area contributed by atoms with Gasteiger partial charge in [-0.25, -0.2) is 9.97 Å². The Hall–Kier alpha value is -3.98. The number of carbonyl (C=O) groups is 2. The Morgan fingerprint density at radius 2 is 1.74 bits per heavy atom. The van der Waals surface area contributed by atoms with E-state index in [9.17, 15) is 14.7 Å². The van der Waals surface area contributed by atoms with Gasteiger partial charge in [0, 0.05) is 49.2 Å². The van der Waals surface area contributed by atoms with Crippen molar-refractivity contribution >= 4 is 17.6 Å². The molecule has 0 atom stereocenters. The molecule has 0 saturated carbocycles. The van der Waals surface area contributed by atoms with Crippen LogP contribution in [0.5, 0.6) is 11.5 Å². The molecule has 0 spiro atoms. The molecule has 3 aromatic rings. The second kappa shape index (κ2) is 10.8. The predicted molar refractivity (Wildman–Crippen MR) is 127 cm³/mol. The quantitative estimate of drug-likeness (QED) is 0.495. The number of hydrogen-bond acceptors (Lipinski definition) is 7. The first-order chi connectivity index (χ1) is 16.5. The van der Waals surface area contributed by atoms with Gasteiger partial charge in [-0.2, -0.15) is 0 Å². The number of carbonyl (C=O) groups excluding carboxylic acids is 2. The van der Waals surface area contributed by atoms with Crippen molar-refractivity contribution in [2.75, 3.05) is 25.5 Å². The Bertz CT molecular complexity index is 1140. The molecule has 34 heavy (non-hydrogen) atoms. The summed E-state index contributed by atoms with van der Waals surface area (Å²) in [6, 6.07) is 13.9. The summed E-state index contributed by atoms with van der Waals surface area (Å²) in [5.74, 6) is 0.275. The number of aromatic hydroxyl groups is 1. The van der Waals surface area contributed by atoms with Crippen LogP contribution in [0.2, 0.25) is 0 Å². The Labute approximate surface area is 197 Å². The summed E-state index contributed by atoms with van der Waals surface area (Å²) in [5, 5.41) is 15.7. The Balaban J connectivity index is 1.34. The molecule has 0 unspecified atom stereocenters. The van der Waals surface area contributed by atoms with E-state index < -0.39 is 5.91 Å². The van der Waals surface area contributed by atoms with Crippen molar-refractivity contribution in [3.63, 3.8) is 0 Å². The molecule has 176 valence electrons. The van der Waals surface area contributed by atoms with Crippen molar-refractivity contribution in [2.24, 2.45) is 0 Å². The first-order valence-corrected chi connectivity index (χ1v) is 11.1. The van der Waals surface area contributed by atoms with Crippen molar-refractivity contribution in [1.82, 2.24) is 20.2 Å². The molecule has 2 heterocycles. The Kier molecular flexibility index (Phi) is 7.34. The van der Waals surface area contributed by atoms with E-state index in [1.165, 1.54) is 12.4 Å². The Morgan fingerprint density at radius 3 is 2.44 bits per heavy atom. The number of nitrogens with zero attached hydrogens (tertiary/aromatic N) is 3. The van der Waals surface area contributed by atoms with Crippen LogP contribution in [0.15, 0.2) is 60.9 Å². The number of phenolic OH excluding ortho intramolecular Hbond substituents is 1. The second-order valence-electron chi connectivity index (χ2n) is 8.09. The van der Waals surface area contributed by atoms with E-state index in [4.69, 9.17) is 4.74 Å². The largest absolute Gasteiger partial charge is 0.508 e. The van der Waals surface area contributed by atoms with Gasteiger partial charge in [0.25, 0.3) is 11.8 Å². The highest BCUT2D eigenvalue weighted by molar-refractivity contribution is 6.07. The summed E-state index contributed by atoms with van der Waals surface area (Å²) in [6.45, 7) is 2.25. The van der Waals surface area contributed by atoms with Gasteiger partial charge in [-0.15, -0.1) is 0 Å². The molecular weight excluding hydrogens is 434 g/mol. The molecule has 1 aliphatic rings. The normalized spacial score (nSPS) is 14.4. The molecule has 2 amide bonds. The van der Waals surface area contributed by atoms with E-state index in [1.54, 1.807) is 43.5 Å². The molecule has 1 aromatic heterocycles. The van der Waals surface area contributed by atoms with E-state index in [1.807, 2.05) is 12.1 Å². The zero-order valence-electron chi connectivity index (χ0n) is 18.9. The number of piperidine rings is 1. The Morgan fingerprint density at radius 1 is 1.03 bits per heavy atom. The molecule has 1 fully saturated rings. The lowest BCUT2D eigenvalue weighted by atomic mass is 10.0. The van der Waals surface area contributed by atoms with E-state index in [2.05, 4.69) is 25.5 Å². The molecular formula is C25H27N5O4. The molecule has 1 saturated heterocycles. The fourth-order valence-electron chi connectivity index (χ4n) is 3.89. The van der Waals surface area contributed by atoms with Crippen molar-refractivity contribution in [2.45, 2.75) is 25.4 Å². The average molecular weight is 462 g/mol. The lowest BCUT2D eigenvalue weighted by Crippen LogP contribution is -2.44. The van der Waals surface area contributed by atoms with Crippen LogP contribution in [0.1, 0.15) is 39.3 Å². The number of anilines is 1. The zero-order valence-corrected chi connectivity index (χ0v) is 18.9. The lowest BCUT2D eigenvalue weighted by Gasteiger charge is -2.32. The average Bonchev–Trinajstić information content (AvgIpc) is 2.87. The number of nitrogens with one attached hydrogen (secondary N) is 2. The molecule has 2 aromatic carbocycles. The fourth-order valence-corrected chi connectivity index (χ4v) is 3.89. The summed E-state index contributed by atoms with van der Waals surface area (Å²) >= 11 is 0. The summed E-state index contributed by atoms with van der Waals surface area (Å²) < 4.78 is 5.11. The van der Waals surface area contributed by atoms with Crippen molar-refractivity contribution in [3.8, 4) is 11.5 Å². The molecule has 9 nitrogen and oxygen atoms in total. The van der Waals surface area contributed by atoms with Gasteiger partial charge in [0.05, 0.1) is 7.11 Å². The van der Waals surface area contributed by atoms with Gasteiger partial charge in [-0.05, 0) is 43.2 Å². The van der Waals surface area contributed by atoms with Crippen LogP contribution in [0.25, 0.3) is 0 Å². The van der Waals surface area contributed by atoms with Crippen LogP contribution in [0.3, 0.4) is 0 Å². The number of para-hydroxylation sites is 1. The van der Waals surface area contributed by atoms with Gasteiger partial charge in [-0.1, -0.05) is 18.2 Å². The highest BCUT2D eigenvalue weighted by atomic mass is 16.5. The van der Waals surface area contributed by atoms with Crippen LogP contribution < -0.4 is 15.4 Å². The van der Waals surface area contributed by atoms with Crippen molar-refractivity contribution < 1.29 is 19.4 Å². The van der Waals surface area contributed by atoms with Gasteiger partial charge in [0.15, 0.2) is 11.5 Å². The van der Waals surface area contributed by atoms with Gasteiger partial charge in [-0.3, -0.25) is 14.5 Å². The SMILES string of the molecule is COc1ccc(C(=O)Nc2nccnc2C(=O)NC2CCN(Cc3ccccc3O)CC2)cc1. The zero-order chi connectivity index (χ0) is 23.9. The maximum absolute atomic E-state index is 12.9. The molecule has 4 rings (SSSR count). The number of rotatable bonds is 7. The number of ether oxygens (including phenoxy) is 1. The first kappa shape index (κ1) is 23.2. The van der Waals surface area contributed by atoms with Crippen LogP contribution in [-0.2, 0) is 6.54 Å². The minimum atomic E-state index is -0.394. The third kappa shape index (κ3) is 5.68. The number of amides is 2. The van der Waals surface area contributed by atoms with Crippen LogP contribution in [0, 0.1) is 0 Å². The molecule has 0 aliphatic carbocycles. The number of benzene rings is 2. The van der Waals surface area contributed by atoms with Gasteiger partial charge in [0.1, 0.15) is 11.5 Å². The van der Waals surface area contributed by atoms with E-state index in [0.29, 0.717) is 23.6 Å². The van der Waals surface area contributed by atoms with E-state index in [-0.39, 0.29) is 23.5 Å². The maximum Gasteiger partial charge on any atom is 0.273 e. The number of aromatic nitrogens is 2. The van der Waals surface area contributed by atoms with E-state index in [0.717, 1.165) is 31.5 Å². The van der Waals surface area contributed by atoms with Gasteiger partial charge < -0.3 is 20.5 Å². The highest BCUT2D eigenvalue weighted by Gasteiger charge is 2.24. The maximum atomic E-state index is 12.9. The number of phenols is 1. The van der Waals surface area contributed by atoms with Crippen LogP contribution in [0.4, 0.5) is 5.82 Å². The number of likely N-dealkylation sites (tertiary alicyclic amines) is 1. The van der Waals surface area contributed by atoms with Crippen molar-refractivity contribution in [3.05, 3.63) is 77.7 Å². The minimum absolute atomic E-state index is 0.0136. The van der Waals surface area contributed by atoms with Crippen LogP contribution in [-0.4, -0.2) is 58.0 Å². The molecule has 0 radical (unpaired) electrons. The standard InChI is InChI=1S/C25H27N5O4/c1-34-20-8-6-17(7-9-20)24(32)29-23-22(26-12-13-27-23)25(33)28-19-10-14-30(15-11-19)16-18-4-2-3-5-21(18)31/h2-9,12-13,19,31H,10-11,14-16H2,1H3,(H,28,33)(H,27,29,32). The predicted octanol–water partition coefficient (Wildman–Crippen LogP) is 2.84. The molecule has 1 aliphatic heterocycles. The van der Waals surface area contributed by atoms with Crippen LogP contribution >= 0.6 is 0 Å². The third-order valence-electron chi connectivity index (χ3n) is 5.81. The highest BCUT2D eigenvalue weighted by Crippen LogP contribution is 2.21. The monoisotopic (exact) mass is 461 g/mol. The number of methoxy groups -OCH3 is 1. The minimum Gasteiger partial charge on any atom is -0.508 e. The van der Waals surface area contributed by atoms with Crippen molar-refractivity contribution in [1.29, 1.82) is 0 Å².